The van der Waals surface area contributed by atoms with E-state index in [4.69, 9.17) is 16.1 Å². The molecule has 4 rings (SSSR count). The fourth-order valence-electron chi connectivity index (χ4n) is 3.59. The number of rotatable bonds is 8. The average molecular weight is 546 g/mol. The standard InChI is InChI=1S/C24H21ClNO4PS.C3H8O/c1-3-30-31(19-12-9-17(2)10-13-19)24-21-15-18(25)11-14-22(21)26(23(24)16-27)32(28,29)20-7-5-4-6-8-20;1-3-4-2/h4-16H,3H2,1-2H3;3H2,1-2H3. The molecule has 0 aliphatic rings. The molecule has 4 aromatic rings. The third-order valence-corrected chi connectivity index (χ3v) is 9.44. The number of hydrogen-bond acceptors (Lipinski definition) is 5. The number of nitrogens with zero attached hydrogens (tertiary/aromatic N) is 1. The molecule has 3 aromatic carbocycles. The highest BCUT2D eigenvalue weighted by atomic mass is 35.5. The van der Waals surface area contributed by atoms with Crippen LogP contribution in [0.1, 0.15) is 29.9 Å². The van der Waals surface area contributed by atoms with Gasteiger partial charge in [-0.3, -0.25) is 4.79 Å². The fraction of sp³-hybridized carbons (Fsp3) is 0.222. The van der Waals surface area contributed by atoms with Crippen molar-refractivity contribution in [3.8, 4) is 0 Å². The zero-order valence-corrected chi connectivity index (χ0v) is 23.1. The van der Waals surface area contributed by atoms with Crippen molar-refractivity contribution in [3.05, 3.63) is 89.1 Å². The maximum absolute atomic E-state index is 13.6. The lowest BCUT2D eigenvalue weighted by molar-refractivity contribution is 0.111. The van der Waals surface area contributed by atoms with Crippen LogP contribution in [0.25, 0.3) is 10.9 Å². The zero-order valence-electron chi connectivity index (χ0n) is 20.6. The Kier molecular flexibility index (Phi) is 9.83. The van der Waals surface area contributed by atoms with Crippen LogP contribution < -0.4 is 10.6 Å². The summed E-state index contributed by atoms with van der Waals surface area (Å²) in [5, 5.41) is 2.45. The minimum absolute atomic E-state index is 0.0475. The van der Waals surface area contributed by atoms with Crippen molar-refractivity contribution in [2.24, 2.45) is 0 Å². The highest BCUT2D eigenvalue weighted by molar-refractivity contribution is 7.90. The van der Waals surface area contributed by atoms with Gasteiger partial charge < -0.3 is 9.26 Å². The molecule has 1 aromatic heterocycles. The second kappa shape index (κ2) is 12.6. The van der Waals surface area contributed by atoms with E-state index in [-0.39, 0.29) is 10.6 Å². The molecule has 190 valence electrons. The molecule has 0 radical (unpaired) electrons. The summed E-state index contributed by atoms with van der Waals surface area (Å²) in [5.41, 5.74) is 1.52. The van der Waals surface area contributed by atoms with Gasteiger partial charge in [0.25, 0.3) is 10.0 Å². The summed E-state index contributed by atoms with van der Waals surface area (Å²) in [6.07, 6.45) is 0.590. The molecule has 1 atom stereocenters. The van der Waals surface area contributed by atoms with E-state index in [0.29, 0.717) is 34.1 Å². The summed E-state index contributed by atoms with van der Waals surface area (Å²) >= 11 is 6.29. The predicted molar refractivity (Wildman–Crippen MR) is 148 cm³/mol. The van der Waals surface area contributed by atoms with E-state index in [1.165, 1.54) is 12.1 Å². The molecule has 0 N–H and O–H groups in total. The lowest BCUT2D eigenvalue weighted by atomic mass is 10.2. The van der Waals surface area contributed by atoms with Crippen LogP contribution in [-0.2, 0) is 19.3 Å². The number of aldehydes is 1. The van der Waals surface area contributed by atoms with Gasteiger partial charge in [-0.25, -0.2) is 12.4 Å². The largest absolute Gasteiger partial charge is 0.385 e. The van der Waals surface area contributed by atoms with Crippen LogP contribution in [0.4, 0.5) is 0 Å². The molecule has 1 unspecified atom stereocenters. The number of carbonyl (C=O) groups excluding carboxylic acids is 1. The Bertz CT molecular complexity index is 1420. The van der Waals surface area contributed by atoms with E-state index in [0.717, 1.165) is 21.4 Å². The topological polar surface area (TPSA) is 74.6 Å². The molecular formula is C27H29ClNO5PS. The molecule has 0 aliphatic carbocycles. The molecule has 36 heavy (non-hydrogen) atoms. The second-order valence-electron chi connectivity index (χ2n) is 7.72. The lowest BCUT2D eigenvalue weighted by Gasteiger charge is -2.18. The van der Waals surface area contributed by atoms with Gasteiger partial charge >= 0.3 is 0 Å². The summed E-state index contributed by atoms with van der Waals surface area (Å²) in [6.45, 7) is 7.04. The SMILES string of the molecule is CCOC.CCOP(c1ccc(C)cc1)c1c(C=O)n(S(=O)(=O)c2ccccc2)c2ccc(Cl)cc12. The maximum Gasteiger partial charge on any atom is 0.268 e. The number of fused-ring (bicyclic) bond motifs is 1. The van der Waals surface area contributed by atoms with Crippen LogP contribution in [-0.4, -0.2) is 39.0 Å². The van der Waals surface area contributed by atoms with Crippen LogP contribution in [0.15, 0.2) is 77.7 Å². The molecule has 0 bridgehead atoms. The van der Waals surface area contributed by atoms with Crippen LogP contribution in [0.2, 0.25) is 5.02 Å². The monoisotopic (exact) mass is 545 g/mol. The third-order valence-electron chi connectivity index (χ3n) is 5.31. The molecule has 9 heteroatoms. The fourth-order valence-corrected chi connectivity index (χ4v) is 7.33. The zero-order chi connectivity index (χ0) is 26.3. The number of halogens is 1. The van der Waals surface area contributed by atoms with Crippen molar-refractivity contribution in [1.82, 2.24) is 3.97 Å². The van der Waals surface area contributed by atoms with Gasteiger partial charge in [0.05, 0.1) is 18.6 Å². The molecule has 0 aliphatic heterocycles. The van der Waals surface area contributed by atoms with E-state index < -0.39 is 18.2 Å². The molecule has 0 saturated carbocycles. The number of methoxy groups -OCH3 is 1. The molecule has 1 heterocycles. The van der Waals surface area contributed by atoms with Crippen molar-refractivity contribution in [2.75, 3.05) is 20.3 Å². The molecule has 0 saturated heterocycles. The normalized spacial score (nSPS) is 12.1. The van der Waals surface area contributed by atoms with E-state index >= 15 is 0 Å². The Morgan fingerprint density at radius 3 is 2.17 bits per heavy atom. The number of aryl methyl sites for hydroxylation is 1. The Balaban J connectivity index is 0.000000840. The molecular weight excluding hydrogens is 517 g/mol. The highest BCUT2D eigenvalue weighted by Crippen LogP contribution is 2.41. The first-order chi connectivity index (χ1) is 17.3. The van der Waals surface area contributed by atoms with Crippen molar-refractivity contribution in [3.63, 3.8) is 0 Å². The van der Waals surface area contributed by atoms with Gasteiger partial charge in [-0.1, -0.05) is 59.6 Å². The average Bonchev–Trinajstić information content (AvgIpc) is 3.22. The quantitative estimate of drug-likeness (QED) is 0.210. The number of benzene rings is 3. The van der Waals surface area contributed by atoms with E-state index in [1.54, 1.807) is 43.5 Å². The first-order valence-corrected chi connectivity index (χ1v) is 14.5. The van der Waals surface area contributed by atoms with Crippen LogP contribution in [0, 0.1) is 6.92 Å². The third kappa shape index (κ3) is 5.88. The Morgan fingerprint density at radius 2 is 1.61 bits per heavy atom. The van der Waals surface area contributed by atoms with Crippen LogP contribution in [0.5, 0.6) is 0 Å². The van der Waals surface area contributed by atoms with Crippen LogP contribution in [0.3, 0.4) is 0 Å². The minimum Gasteiger partial charge on any atom is -0.385 e. The number of hydrogen-bond donors (Lipinski definition) is 0. The van der Waals surface area contributed by atoms with E-state index in [9.17, 15) is 13.2 Å². The van der Waals surface area contributed by atoms with Crippen molar-refractivity contribution in [1.29, 1.82) is 0 Å². The molecule has 0 fully saturated rings. The van der Waals surface area contributed by atoms with Gasteiger partial charge in [-0.2, -0.15) is 0 Å². The van der Waals surface area contributed by atoms with Gasteiger partial charge in [0, 0.05) is 41.3 Å². The van der Waals surface area contributed by atoms with E-state index in [1.807, 2.05) is 45.0 Å². The Hall–Kier alpha value is -2.54. The van der Waals surface area contributed by atoms with Gasteiger partial charge in [0.2, 0.25) is 0 Å². The molecule has 6 nitrogen and oxygen atoms in total. The van der Waals surface area contributed by atoms with Crippen molar-refractivity contribution < 1.29 is 22.5 Å². The minimum atomic E-state index is -4.04. The maximum atomic E-state index is 13.6. The first kappa shape index (κ1) is 28.0. The Labute approximate surface area is 218 Å². The number of ether oxygens (including phenoxy) is 1. The van der Waals surface area contributed by atoms with Gasteiger partial charge in [0.15, 0.2) is 6.29 Å². The highest BCUT2D eigenvalue weighted by Gasteiger charge is 2.31. The number of aromatic nitrogens is 1. The first-order valence-electron chi connectivity index (χ1n) is 11.4. The molecule has 0 spiro atoms. The lowest BCUT2D eigenvalue weighted by Crippen LogP contribution is -2.21. The number of carbonyl (C=O) groups is 1. The predicted octanol–water partition coefficient (Wildman–Crippen LogP) is 5.69. The van der Waals surface area contributed by atoms with E-state index in [2.05, 4.69) is 4.74 Å². The smallest absolute Gasteiger partial charge is 0.268 e. The Morgan fingerprint density at radius 1 is 0.972 bits per heavy atom. The summed E-state index contributed by atoms with van der Waals surface area (Å²) in [4.78, 5) is 12.5. The second-order valence-corrected chi connectivity index (χ2v) is 11.8. The summed E-state index contributed by atoms with van der Waals surface area (Å²) in [6, 6.07) is 20.8. The summed E-state index contributed by atoms with van der Waals surface area (Å²) < 4.78 is 39.0. The van der Waals surface area contributed by atoms with Crippen molar-refractivity contribution >= 4 is 57.6 Å². The van der Waals surface area contributed by atoms with Gasteiger partial charge in [0.1, 0.15) is 5.69 Å². The summed E-state index contributed by atoms with van der Waals surface area (Å²) in [5.74, 6) is 0. The molecule has 0 amide bonds. The van der Waals surface area contributed by atoms with Crippen LogP contribution >= 0.6 is 19.7 Å². The van der Waals surface area contributed by atoms with Crippen molar-refractivity contribution in [2.45, 2.75) is 25.7 Å². The van der Waals surface area contributed by atoms with Gasteiger partial charge in [-0.15, -0.1) is 0 Å². The van der Waals surface area contributed by atoms with Gasteiger partial charge in [-0.05, 0) is 51.1 Å². The summed E-state index contributed by atoms with van der Waals surface area (Å²) in [7, 11) is -3.83.